The van der Waals surface area contributed by atoms with Crippen LogP contribution in [0.2, 0.25) is 0 Å². The molecule has 2 atom stereocenters. The number of aliphatic hydroxyl groups is 1. The summed E-state index contributed by atoms with van der Waals surface area (Å²) in [5.74, 6) is 0.573. The Morgan fingerprint density at radius 3 is 2.73 bits per heavy atom. The molecule has 1 aromatic heterocycles. The van der Waals surface area contributed by atoms with Crippen LogP contribution in [0.15, 0.2) is 59.5 Å². The SMILES string of the molecule is CC1(C)Oc2ccc(C#N)cc2[C@@H](n2ccc3ccccc3c2=O)[C@@H]1O. The number of hydrogen-bond acceptors (Lipinski definition) is 4. The molecule has 1 aliphatic heterocycles. The van der Waals surface area contributed by atoms with Gasteiger partial charge in [-0.1, -0.05) is 18.2 Å². The van der Waals surface area contributed by atoms with Crippen LogP contribution in [0.1, 0.15) is 31.0 Å². The highest BCUT2D eigenvalue weighted by Crippen LogP contribution is 2.41. The number of nitriles is 1. The second kappa shape index (κ2) is 5.72. The number of fused-ring (bicyclic) bond motifs is 2. The van der Waals surface area contributed by atoms with E-state index in [0.29, 0.717) is 22.3 Å². The summed E-state index contributed by atoms with van der Waals surface area (Å²) >= 11 is 0. The Balaban J connectivity index is 2.00. The molecule has 1 N–H and O–H groups in total. The van der Waals surface area contributed by atoms with E-state index in [4.69, 9.17) is 4.74 Å². The van der Waals surface area contributed by atoms with Gasteiger partial charge in [0, 0.05) is 17.1 Å². The summed E-state index contributed by atoms with van der Waals surface area (Å²) in [4.78, 5) is 13.1. The van der Waals surface area contributed by atoms with Crippen LogP contribution in [0.5, 0.6) is 5.75 Å². The van der Waals surface area contributed by atoms with E-state index < -0.39 is 17.7 Å². The number of nitrogens with zero attached hydrogens (tertiary/aromatic N) is 2. The number of pyridine rings is 1. The molecular formula is C21H18N2O3. The van der Waals surface area contributed by atoms with Crippen molar-refractivity contribution in [2.45, 2.75) is 31.6 Å². The first-order chi connectivity index (χ1) is 12.4. The Morgan fingerprint density at radius 2 is 1.96 bits per heavy atom. The first-order valence-electron chi connectivity index (χ1n) is 8.43. The smallest absolute Gasteiger partial charge is 0.259 e. The summed E-state index contributed by atoms with van der Waals surface area (Å²) in [5.41, 5.74) is 0.0289. The zero-order valence-corrected chi connectivity index (χ0v) is 14.5. The largest absolute Gasteiger partial charge is 0.485 e. The maximum Gasteiger partial charge on any atom is 0.259 e. The number of ether oxygens (including phenoxy) is 1. The zero-order chi connectivity index (χ0) is 18.5. The van der Waals surface area contributed by atoms with E-state index in [-0.39, 0.29) is 5.56 Å². The zero-order valence-electron chi connectivity index (χ0n) is 14.5. The van der Waals surface area contributed by atoms with Gasteiger partial charge >= 0.3 is 0 Å². The topological polar surface area (TPSA) is 75.2 Å². The molecule has 0 spiro atoms. The molecule has 0 amide bonds. The van der Waals surface area contributed by atoms with Crippen LogP contribution in [0.25, 0.3) is 10.8 Å². The van der Waals surface area contributed by atoms with Gasteiger partial charge in [0.15, 0.2) is 0 Å². The molecule has 130 valence electrons. The van der Waals surface area contributed by atoms with Crippen molar-refractivity contribution < 1.29 is 9.84 Å². The second-order valence-corrected chi connectivity index (χ2v) is 7.08. The van der Waals surface area contributed by atoms with Crippen LogP contribution in [0, 0.1) is 11.3 Å². The molecule has 1 aliphatic rings. The molecule has 5 heteroatoms. The molecule has 2 aromatic carbocycles. The fourth-order valence-electron chi connectivity index (χ4n) is 3.56. The van der Waals surface area contributed by atoms with Crippen LogP contribution in [-0.4, -0.2) is 21.4 Å². The fourth-order valence-corrected chi connectivity index (χ4v) is 3.56. The van der Waals surface area contributed by atoms with Crippen LogP contribution in [0.3, 0.4) is 0 Å². The molecule has 5 nitrogen and oxygen atoms in total. The monoisotopic (exact) mass is 346 g/mol. The number of aliphatic hydroxyl groups excluding tert-OH is 1. The quantitative estimate of drug-likeness (QED) is 0.735. The Morgan fingerprint density at radius 1 is 1.19 bits per heavy atom. The molecule has 26 heavy (non-hydrogen) atoms. The van der Waals surface area contributed by atoms with Crippen molar-refractivity contribution in [1.29, 1.82) is 5.26 Å². The van der Waals surface area contributed by atoms with Gasteiger partial charge in [-0.2, -0.15) is 5.26 Å². The summed E-state index contributed by atoms with van der Waals surface area (Å²) in [6, 6.07) is 15.8. The van der Waals surface area contributed by atoms with E-state index in [1.54, 1.807) is 44.3 Å². The maximum absolute atomic E-state index is 13.1. The predicted octanol–water partition coefficient (Wildman–Crippen LogP) is 2.99. The van der Waals surface area contributed by atoms with E-state index in [0.717, 1.165) is 5.39 Å². The average Bonchev–Trinajstić information content (AvgIpc) is 2.64. The molecule has 0 aliphatic carbocycles. The molecule has 0 saturated heterocycles. The minimum Gasteiger partial charge on any atom is -0.485 e. The van der Waals surface area contributed by atoms with Crippen molar-refractivity contribution >= 4 is 10.8 Å². The molecule has 3 aromatic rings. The van der Waals surface area contributed by atoms with Gasteiger partial charge in [-0.3, -0.25) is 4.79 Å². The first-order valence-corrected chi connectivity index (χ1v) is 8.43. The highest BCUT2D eigenvalue weighted by Gasteiger charge is 2.44. The molecule has 4 rings (SSSR count). The number of benzene rings is 2. The first kappa shape index (κ1) is 16.4. The molecule has 0 bridgehead atoms. The van der Waals surface area contributed by atoms with Gasteiger partial charge in [0.05, 0.1) is 17.7 Å². The van der Waals surface area contributed by atoms with Crippen LogP contribution in [-0.2, 0) is 0 Å². The van der Waals surface area contributed by atoms with Crippen molar-refractivity contribution in [3.8, 4) is 11.8 Å². The standard InChI is InChI=1S/C21H18N2O3/c1-21(2)19(24)18(16-11-13(12-22)7-8-17(16)26-21)23-10-9-14-5-3-4-6-15(14)20(23)25/h3-11,18-19,24H,1-2H3/t18-,19+/m1/s1. The Bertz CT molecular complexity index is 1110. The summed E-state index contributed by atoms with van der Waals surface area (Å²) in [6.45, 7) is 3.58. The molecule has 0 radical (unpaired) electrons. The van der Waals surface area contributed by atoms with Gasteiger partial charge < -0.3 is 14.4 Å². The molecule has 0 unspecified atom stereocenters. The number of rotatable bonds is 1. The van der Waals surface area contributed by atoms with Crippen LogP contribution in [0.4, 0.5) is 0 Å². The van der Waals surface area contributed by atoms with Gasteiger partial charge in [0.25, 0.3) is 5.56 Å². The van der Waals surface area contributed by atoms with Gasteiger partial charge in [0.2, 0.25) is 0 Å². The Labute approximate surface area is 150 Å². The van der Waals surface area contributed by atoms with Crippen molar-refractivity contribution in [3.05, 3.63) is 76.2 Å². The van der Waals surface area contributed by atoms with Gasteiger partial charge in [-0.15, -0.1) is 0 Å². The van der Waals surface area contributed by atoms with Crippen LogP contribution < -0.4 is 10.3 Å². The average molecular weight is 346 g/mol. The third-order valence-corrected chi connectivity index (χ3v) is 4.98. The van der Waals surface area contributed by atoms with Crippen molar-refractivity contribution in [3.63, 3.8) is 0 Å². The van der Waals surface area contributed by atoms with Crippen molar-refractivity contribution in [2.24, 2.45) is 0 Å². The normalized spacial score (nSPS) is 20.8. The summed E-state index contributed by atoms with van der Waals surface area (Å²) < 4.78 is 7.47. The second-order valence-electron chi connectivity index (χ2n) is 7.08. The predicted molar refractivity (Wildman–Crippen MR) is 98.2 cm³/mol. The highest BCUT2D eigenvalue weighted by atomic mass is 16.5. The lowest BCUT2D eigenvalue weighted by atomic mass is 9.85. The summed E-state index contributed by atoms with van der Waals surface area (Å²) in [6.07, 6.45) is 0.741. The van der Waals surface area contributed by atoms with E-state index in [2.05, 4.69) is 6.07 Å². The van der Waals surface area contributed by atoms with Gasteiger partial charge in [-0.05, 0) is 49.6 Å². The summed E-state index contributed by atoms with van der Waals surface area (Å²) in [7, 11) is 0. The minimum atomic E-state index is -0.956. The minimum absolute atomic E-state index is 0.182. The lowest BCUT2D eigenvalue weighted by Crippen LogP contribution is -2.52. The van der Waals surface area contributed by atoms with E-state index in [9.17, 15) is 15.2 Å². The third kappa shape index (κ3) is 2.39. The van der Waals surface area contributed by atoms with E-state index >= 15 is 0 Å². The van der Waals surface area contributed by atoms with E-state index in [1.165, 1.54) is 4.57 Å². The molecular weight excluding hydrogens is 328 g/mol. The molecule has 0 fully saturated rings. The number of aromatic nitrogens is 1. The van der Waals surface area contributed by atoms with Gasteiger partial charge in [-0.25, -0.2) is 0 Å². The lowest BCUT2D eigenvalue weighted by Gasteiger charge is -2.42. The number of hydrogen-bond donors (Lipinski definition) is 1. The van der Waals surface area contributed by atoms with Crippen molar-refractivity contribution in [2.75, 3.05) is 0 Å². The van der Waals surface area contributed by atoms with E-state index in [1.807, 2.05) is 24.3 Å². The Hall–Kier alpha value is -3.10. The van der Waals surface area contributed by atoms with Crippen LogP contribution >= 0.6 is 0 Å². The maximum atomic E-state index is 13.1. The fraction of sp³-hybridized carbons (Fsp3) is 0.238. The molecule has 0 saturated carbocycles. The Kier molecular flexibility index (Phi) is 3.60. The lowest BCUT2D eigenvalue weighted by molar-refractivity contribution is -0.0642. The van der Waals surface area contributed by atoms with Crippen molar-refractivity contribution in [1.82, 2.24) is 4.57 Å². The third-order valence-electron chi connectivity index (χ3n) is 4.98. The summed E-state index contributed by atoms with van der Waals surface area (Å²) in [5, 5.41) is 21.7. The highest BCUT2D eigenvalue weighted by molar-refractivity contribution is 5.81. The molecule has 2 heterocycles. The van der Waals surface area contributed by atoms with Gasteiger partial charge in [0.1, 0.15) is 17.5 Å².